The zero-order valence-corrected chi connectivity index (χ0v) is 12.2. The van der Waals surface area contributed by atoms with E-state index in [9.17, 15) is 9.90 Å². The summed E-state index contributed by atoms with van der Waals surface area (Å²) >= 11 is 9.44. The number of rotatable bonds is 3. The van der Waals surface area contributed by atoms with Gasteiger partial charge in [-0.2, -0.15) is 0 Å². The molecule has 0 spiro atoms. The molecule has 1 aromatic rings. The molecule has 98 valence electrons. The van der Waals surface area contributed by atoms with Crippen LogP contribution in [0.2, 0.25) is 5.02 Å². The van der Waals surface area contributed by atoms with Gasteiger partial charge in [0.2, 0.25) is 0 Å². The van der Waals surface area contributed by atoms with Crippen molar-refractivity contribution in [1.29, 1.82) is 0 Å². The van der Waals surface area contributed by atoms with Crippen molar-refractivity contribution >= 4 is 33.4 Å². The molecule has 1 aliphatic rings. The quantitative estimate of drug-likeness (QED) is 0.834. The Morgan fingerprint density at radius 1 is 1.50 bits per heavy atom. The largest absolute Gasteiger partial charge is 0.508 e. The van der Waals surface area contributed by atoms with Gasteiger partial charge in [0.15, 0.2) is 0 Å². The van der Waals surface area contributed by atoms with Gasteiger partial charge in [-0.05, 0) is 37.0 Å². The fourth-order valence-corrected chi connectivity index (χ4v) is 3.32. The number of aromatic hydroxyl groups is 1. The van der Waals surface area contributed by atoms with Crippen LogP contribution in [0.15, 0.2) is 18.2 Å². The van der Waals surface area contributed by atoms with Crippen LogP contribution in [0, 0.1) is 5.92 Å². The fourth-order valence-electron chi connectivity index (χ4n) is 2.34. The van der Waals surface area contributed by atoms with Crippen LogP contribution in [0.25, 0.3) is 0 Å². The van der Waals surface area contributed by atoms with Crippen molar-refractivity contribution in [3.05, 3.63) is 28.8 Å². The molecule has 3 nitrogen and oxygen atoms in total. The van der Waals surface area contributed by atoms with E-state index in [0.29, 0.717) is 16.5 Å². The van der Waals surface area contributed by atoms with Crippen LogP contribution in [0.5, 0.6) is 5.75 Å². The van der Waals surface area contributed by atoms with E-state index >= 15 is 0 Å². The molecule has 0 saturated heterocycles. The summed E-state index contributed by atoms with van der Waals surface area (Å²) in [5, 5.41) is 13.7. The van der Waals surface area contributed by atoms with Gasteiger partial charge in [0.05, 0.1) is 10.6 Å². The summed E-state index contributed by atoms with van der Waals surface area (Å²) in [5.41, 5.74) is 0.330. The third-order valence-corrected chi connectivity index (χ3v) is 4.53. The van der Waals surface area contributed by atoms with Crippen molar-refractivity contribution in [3.63, 3.8) is 0 Å². The Hall–Kier alpha value is -0.740. The summed E-state index contributed by atoms with van der Waals surface area (Å²) in [7, 11) is 0. The third kappa shape index (κ3) is 2.98. The maximum atomic E-state index is 12.1. The Balaban J connectivity index is 2.09. The molecule has 0 aromatic heterocycles. The standard InChI is InChI=1S/C13H15BrClNO2/c14-7-8-2-1-3-12(8)16-13(18)10-6-9(17)4-5-11(10)15/h4-6,8,12,17H,1-3,7H2,(H,16,18). The highest BCUT2D eigenvalue weighted by molar-refractivity contribution is 9.09. The van der Waals surface area contributed by atoms with Gasteiger partial charge >= 0.3 is 0 Å². The van der Waals surface area contributed by atoms with Crippen molar-refractivity contribution in [1.82, 2.24) is 5.32 Å². The van der Waals surface area contributed by atoms with Gasteiger partial charge in [0.25, 0.3) is 5.91 Å². The minimum atomic E-state index is -0.214. The topological polar surface area (TPSA) is 49.3 Å². The number of benzene rings is 1. The van der Waals surface area contributed by atoms with Gasteiger partial charge in [-0.1, -0.05) is 34.0 Å². The zero-order valence-electron chi connectivity index (χ0n) is 9.83. The monoisotopic (exact) mass is 331 g/mol. The minimum absolute atomic E-state index is 0.0491. The Labute approximate surface area is 120 Å². The van der Waals surface area contributed by atoms with E-state index in [4.69, 9.17) is 11.6 Å². The minimum Gasteiger partial charge on any atom is -0.508 e. The van der Waals surface area contributed by atoms with Crippen molar-refractivity contribution in [3.8, 4) is 5.75 Å². The number of amides is 1. The molecule has 0 aliphatic heterocycles. The molecule has 1 aromatic carbocycles. The number of carbonyl (C=O) groups excluding carboxylic acids is 1. The first-order valence-electron chi connectivity index (χ1n) is 5.97. The van der Waals surface area contributed by atoms with Crippen molar-refractivity contribution in [2.24, 2.45) is 5.92 Å². The summed E-state index contributed by atoms with van der Waals surface area (Å²) in [6.07, 6.45) is 3.26. The van der Waals surface area contributed by atoms with Crippen LogP contribution in [0.4, 0.5) is 0 Å². The number of hydrogen-bond donors (Lipinski definition) is 2. The van der Waals surface area contributed by atoms with E-state index in [-0.39, 0.29) is 17.7 Å². The molecule has 0 bridgehead atoms. The highest BCUT2D eigenvalue weighted by atomic mass is 79.9. The molecular weight excluding hydrogens is 318 g/mol. The fraction of sp³-hybridized carbons (Fsp3) is 0.462. The highest BCUT2D eigenvalue weighted by Gasteiger charge is 2.28. The normalized spacial score (nSPS) is 23.0. The molecule has 5 heteroatoms. The number of carbonyl (C=O) groups is 1. The van der Waals surface area contributed by atoms with Gasteiger partial charge in [-0.3, -0.25) is 4.79 Å². The van der Waals surface area contributed by atoms with Crippen LogP contribution in [0.1, 0.15) is 29.6 Å². The summed E-state index contributed by atoms with van der Waals surface area (Å²) in [6, 6.07) is 4.59. The Bertz CT molecular complexity index is 453. The molecule has 18 heavy (non-hydrogen) atoms. The summed E-state index contributed by atoms with van der Waals surface area (Å²) in [5.74, 6) is 0.312. The predicted molar refractivity (Wildman–Crippen MR) is 75.5 cm³/mol. The second kappa shape index (κ2) is 5.93. The molecule has 2 unspecified atom stereocenters. The number of phenols is 1. The van der Waals surface area contributed by atoms with Gasteiger partial charge in [-0.15, -0.1) is 0 Å². The van der Waals surface area contributed by atoms with Gasteiger partial charge in [-0.25, -0.2) is 0 Å². The molecule has 2 rings (SSSR count). The van der Waals surface area contributed by atoms with E-state index < -0.39 is 0 Å². The van der Waals surface area contributed by atoms with Gasteiger partial charge in [0, 0.05) is 11.4 Å². The Morgan fingerprint density at radius 3 is 3.00 bits per heavy atom. The van der Waals surface area contributed by atoms with Crippen LogP contribution in [0.3, 0.4) is 0 Å². The number of phenolic OH excluding ortho intramolecular Hbond substituents is 1. The molecule has 2 N–H and O–H groups in total. The summed E-state index contributed by atoms with van der Waals surface area (Å²) in [6.45, 7) is 0. The van der Waals surface area contributed by atoms with E-state index in [1.54, 1.807) is 0 Å². The van der Waals surface area contributed by atoms with Crippen molar-refractivity contribution in [2.45, 2.75) is 25.3 Å². The molecule has 1 fully saturated rings. The van der Waals surface area contributed by atoms with Crippen molar-refractivity contribution < 1.29 is 9.90 Å². The zero-order chi connectivity index (χ0) is 13.1. The second-order valence-corrected chi connectivity index (χ2v) is 5.64. The van der Waals surface area contributed by atoms with Crippen LogP contribution in [-0.4, -0.2) is 22.4 Å². The van der Waals surface area contributed by atoms with Crippen LogP contribution >= 0.6 is 27.5 Å². The van der Waals surface area contributed by atoms with Crippen LogP contribution in [-0.2, 0) is 0 Å². The number of nitrogens with one attached hydrogen (secondary N) is 1. The van der Waals surface area contributed by atoms with Gasteiger partial charge in [0.1, 0.15) is 5.75 Å². The number of alkyl halides is 1. The Morgan fingerprint density at radius 2 is 2.28 bits per heavy atom. The molecular formula is C13H15BrClNO2. The molecule has 1 aliphatic carbocycles. The third-order valence-electron chi connectivity index (χ3n) is 3.37. The lowest BCUT2D eigenvalue weighted by Gasteiger charge is -2.19. The number of hydrogen-bond acceptors (Lipinski definition) is 2. The average Bonchev–Trinajstić information content (AvgIpc) is 2.79. The first kappa shape index (κ1) is 13.7. The molecule has 0 heterocycles. The second-order valence-electron chi connectivity index (χ2n) is 4.59. The van der Waals surface area contributed by atoms with E-state index in [1.165, 1.54) is 18.2 Å². The average molecular weight is 333 g/mol. The van der Waals surface area contributed by atoms with Crippen molar-refractivity contribution in [2.75, 3.05) is 5.33 Å². The highest BCUT2D eigenvalue weighted by Crippen LogP contribution is 2.28. The first-order chi connectivity index (χ1) is 8.61. The van der Waals surface area contributed by atoms with Crippen LogP contribution < -0.4 is 5.32 Å². The SMILES string of the molecule is O=C(NC1CCCC1CBr)c1cc(O)ccc1Cl. The first-order valence-corrected chi connectivity index (χ1v) is 7.47. The maximum Gasteiger partial charge on any atom is 0.253 e. The van der Waals surface area contributed by atoms with E-state index in [0.717, 1.165) is 24.6 Å². The lowest BCUT2D eigenvalue weighted by molar-refractivity contribution is 0.0930. The smallest absolute Gasteiger partial charge is 0.253 e. The molecule has 2 atom stereocenters. The number of halogens is 2. The Kier molecular flexibility index (Phi) is 4.51. The molecule has 0 radical (unpaired) electrons. The predicted octanol–water partition coefficient (Wildman–Crippen LogP) is 3.34. The maximum absolute atomic E-state index is 12.1. The lowest BCUT2D eigenvalue weighted by Crippen LogP contribution is -2.38. The molecule has 1 amide bonds. The lowest BCUT2D eigenvalue weighted by atomic mass is 10.1. The summed E-state index contributed by atoms with van der Waals surface area (Å²) in [4.78, 5) is 12.1. The molecule has 1 saturated carbocycles. The van der Waals surface area contributed by atoms with Gasteiger partial charge < -0.3 is 10.4 Å². The van der Waals surface area contributed by atoms with E-state index in [1.807, 2.05) is 0 Å². The summed E-state index contributed by atoms with van der Waals surface area (Å²) < 4.78 is 0. The van der Waals surface area contributed by atoms with E-state index in [2.05, 4.69) is 21.2 Å².